The molecule has 70 heavy (non-hydrogen) atoms. The normalized spacial score (nSPS) is 13.0. The van der Waals surface area contributed by atoms with Crippen LogP contribution >= 0.6 is 0 Å². The molecule has 0 atom stereocenters. The van der Waals surface area contributed by atoms with Gasteiger partial charge in [-0.2, -0.15) is 0 Å². The van der Waals surface area contributed by atoms with E-state index in [0.29, 0.717) is 32.2 Å². The Hall–Kier alpha value is -7.28. The van der Waals surface area contributed by atoms with Crippen LogP contribution in [-0.4, -0.2) is 99.8 Å². The number of aliphatic hydroxyl groups is 2. The number of amides is 2. The molecule has 8 rings (SSSR count). The van der Waals surface area contributed by atoms with Crippen molar-refractivity contribution in [3.8, 4) is 11.1 Å². The summed E-state index contributed by atoms with van der Waals surface area (Å²) in [6, 6.07) is 31.1. The Morgan fingerprint density at radius 1 is 0.443 bits per heavy atom. The summed E-state index contributed by atoms with van der Waals surface area (Å²) in [5.74, 6) is -3.89. The van der Waals surface area contributed by atoms with E-state index in [9.17, 15) is 45.6 Å². The Morgan fingerprint density at radius 3 is 1.27 bits per heavy atom. The fourth-order valence-electron chi connectivity index (χ4n) is 8.76. The number of rotatable bonds is 19. The highest BCUT2D eigenvalue weighted by Crippen LogP contribution is 2.44. The first-order chi connectivity index (χ1) is 33.6. The van der Waals surface area contributed by atoms with Crippen LogP contribution in [0.25, 0.3) is 11.1 Å². The molecule has 0 aromatic heterocycles. The Kier molecular flexibility index (Phi) is 14.6. The Labute approximate surface area is 403 Å². The molecule has 0 heterocycles. The Morgan fingerprint density at radius 2 is 0.843 bits per heavy atom. The zero-order valence-electron chi connectivity index (χ0n) is 37.6. The van der Waals surface area contributed by atoms with Gasteiger partial charge in [-0.05, 0) is 90.9 Å². The van der Waals surface area contributed by atoms with E-state index in [1.807, 2.05) is 0 Å². The molecule has 0 bridgehead atoms. The summed E-state index contributed by atoms with van der Waals surface area (Å²) in [6.07, 6.45) is 2.07. The van der Waals surface area contributed by atoms with E-state index >= 15 is 0 Å². The highest BCUT2D eigenvalue weighted by molar-refractivity contribution is 7.91. The van der Waals surface area contributed by atoms with Crippen LogP contribution in [0.3, 0.4) is 0 Å². The maximum absolute atomic E-state index is 14.6. The number of benzene rings is 6. The molecule has 17 heteroatoms. The summed E-state index contributed by atoms with van der Waals surface area (Å²) >= 11 is 0. The first-order valence-corrected chi connectivity index (χ1v) is 25.8. The van der Waals surface area contributed by atoms with E-state index in [1.54, 1.807) is 48.5 Å². The van der Waals surface area contributed by atoms with Crippen molar-refractivity contribution in [2.45, 2.75) is 41.9 Å². The van der Waals surface area contributed by atoms with E-state index < -0.39 is 67.8 Å². The van der Waals surface area contributed by atoms with Crippen LogP contribution < -0.4 is 16.0 Å². The largest absolute Gasteiger partial charge is 0.395 e. The highest BCUT2D eigenvalue weighted by Gasteiger charge is 2.39. The number of carbonyl (C=O) groups excluding carboxylic acids is 6. The third-order valence-electron chi connectivity index (χ3n) is 12.3. The molecule has 358 valence electrons. The number of ketones is 4. The van der Waals surface area contributed by atoms with E-state index in [4.69, 9.17) is 10.2 Å². The molecule has 0 saturated carbocycles. The van der Waals surface area contributed by atoms with Crippen LogP contribution in [0.4, 0.5) is 11.4 Å². The first-order valence-electron chi connectivity index (χ1n) is 22.5. The van der Waals surface area contributed by atoms with E-state index in [2.05, 4.69) is 16.0 Å². The molecule has 0 spiro atoms. The lowest BCUT2D eigenvalue weighted by Gasteiger charge is -2.26. The van der Waals surface area contributed by atoms with Gasteiger partial charge in [0.2, 0.25) is 11.8 Å². The number of aliphatic hydroxyl groups excluding tert-OH is 2. The van der Waals surface area contributed by atoms with Crippen molar-refractivity contribution in [2.24, 2.45) is 0 Å². The van der Waals surface area contributed by atoms with Crippen LogP contribution in [0.1, 0.15) is 94.1 Å². The predicted molar refractivity (Wildman–Crippen MR) is 261 cm³/mol. The number of aryl methyl sites for hydroxylation is 1. The monoisotopic (exact) mass is 981 g/mol. The summed E-state index contributed by atoms with van der Waals surface area (Å²) in [6.45, 7) is -0.836. The van der Waals surface area contributed by atoms with Gasteiger partial charge in [-0.15, -0.1) is 0 Å². The lowest BCUT2D eigenvalue weighted by Crippen LogP contribution is -2.31. The fraction of sp³-hybridized carbons (Fsp3) is 0.208. The van der Waals surface area contributed by atoms with Gasteiger partial charge in [-0.3, -0.25) is 28.8 Å². The number of nitrogens with one attached hydrogen (secondary N) is 3. The third-order valence-corrected chi connectivity index (χ3v) is 15.7. The third kappa shape index (κ3) is 10.1. The molecular weight excluding hydrogens is 935 g/mol. The molecule has 6 aromatic rings. The molecule has 2 amide bonds. The number of fused-ring (bicyclic) bond motifs is 4. The minimum absolute atomic E-state index is 0.0478. The average Bonchev–Trinajstić information content (AvgIpc) is 3.35. The Bertz CT molecular complexity index is 3110. The summed E-state index contributed by atoms with van der Waals surface area (Å²) in [4.78, 5) is 85.2. The van der Waals surface area contributed by atoms with Gasteiger partial charge < -0.3 is 26.2 Å². The van der Waals surface area contributed by atoms with E-state index in [-0.39, 0.29) is 101 Å². The number of unbranched alkanes of at least 4 members (excludes halogenated alkanes) is 1. The molecule has 0 aliphatic heterocycles. The van der Waals surface area contributed by atoms with Crippen molar-refractivity contribution in [1.82, 2.24) is 5.32 Å². The second-order valence-electron chi connectivity index (χ2n) is 16.8. The zero-order valence-corrected chi connectivity index (χ0v) is 39.3. The highest BCUT2D eigenvalue weighted by atomic mass is 32.2. The van der Waals surface area contributed by atoms with Crippen LogP contribution in [0.5, 0.6) is 0 Å². The van der Waals surface area contributed by atoms with Gasteiger partial charge >= 0.3 is 0 Å². The van der Waals surface area contributed by atoms with Gasteiger partial charge in [0, 0.05) is 39.8 Å². The number of carbonyl (C=O) groups is 6. The minimum Gasteiger partial charge on any atom is -0.395 e. The lowest BCUT2D eigenvalue weighted by molar-refractivity contribution is -0.116. The number of sulfone groups is 2. The summed E-state index contributed by atoms with van der Waals surface area (Å²) in [5.41, 5.74) is 2.22. The second kappa shape index (κ2) is 20.8. The standard InChI is InChI=1S/C53H47N3O12S2/c57-27-29-69(65,66)34-17-13-32(14-18-34)7-1-6-12-44(59)55-42-23-21-36(46-48(42)52(63)40-10-4-2-8-38(40)50(46)61)37-22-24-43(49-47(37)51(62)39-9-3-5-11-41(39)53(49)64)56-45(60)31-54-26-25-33-15-19-35(20-16-33)70(67,68)30-28-58/h2-5,8-11,13-24,54,57-58H,1,6-7,12,25-31H2,(H,55,59)(H,56,60). The van der Waals surface area contributed by atoms with Gasteiger partial charge in [0.15, 0.2) is 42.8 Å². The number of hydrogen-bond donors (Lipinski definition) is 5. The summed E-state index contributed by atoms with van der Waals surface area (Å²) < 4.78 is 49.1. The Balaban J connectivity index is 1.05. The van der Waals surface area contributed by atoms with Crippen LogP contribution in [0.15, 0.2) is 131 Å². The van der Waals surface area contributed by atoms with Crippen molar-refractivity contribution in [3.05, 3.63) is 177 Å². The van der Waals surface area contributed by atoms with Gasteiger partial charge in [0.25, 0.3) is 0 Å². The van der Waals surface area contributed by atoms with Crippen molar-refractivity contribution in [2.75, 3.05) is 48.4 Å². The van der Waals surface area contributed by atoms with Crippen LogP contribution in [0.2, 0.25) is 0 Å². The van der Waals surface area contributed by atoms with Crippen LogP contribution in [-0.2, 0) is 42.1 Å². The molecule has 0 radical (unpaired) electrons. The van der Waals surface area contributed by atoms with Gasteiger partial charge in [-0.1, -0.05) is 84.9 Å². The maximum Gasteiger partial charge on any atom is 0.238 e. The molecule has 0 fully saturated rings. The first kappa shape index (κ1) is 49.2. The van der Waals surface area contributed by atoms with E-state index in [0.717, 1.165) is 11.1 Å². The molecule has 5 N–H and O–H groups in total. The molecule has 0 unspecified atom stereocenters. The van der Waals surface area contributed by atoms with Crippen molar-refractivity contribution in [1.29, 1.82) is 0 Å². The number of hydrogen-bond acceptors (Lipinski definition) is 13. The average molecular weight is 982 g/mol. The minimum atomic E-state index is -3.60. The fourth-order valence-corrected chi connectivity index (χ4v) is 10.8. The smallest absolute Gasteiger partial charge is 0.238 e. The van der Waals surface area contributed by atoms with Crippen molar-refractivity contribution in [3.63, 3.8) is 0 Å². The summed E-state index contributed by atoms with van der Waals surface area (Å²) in [5, 5.41) is 26.8. The molecule has 6 aromatic carbocycles. The SMILES string of the molecule is O=C(CCCCc1ccc(S(=O)(=O)CCO)cc1)Nc1ccc(-c2ccc(NC(=O)CNCCc3ccc(S(=O)(=O)CCO)cc3)c3c2C(=O)c2ccccc2C3=O)c2c1C(=O)c1ccccc1C2=O. The molecule has 15 nitrogen and oxygen atoms in total. The van der Waals surface area contributed by atoms with Gasteiger partial charge in [0.05, 0.1) is 63.6 Å². The van der Waals surface area contributed by atoms with Crippen molar-refractivity contribution < 1.29 is 55.8 Å². The molecular formula is C53H47N3O12S2. The van der Waals surface area contributed by atoms with Crippen LogP contribution in [0, 0.1) is 0 Å². The molecule has 2 aliphatic carbocycles. The zero-order chi connectivity index (χ0) is 49.7. The molecule has 0 saturated heterocycles. The predicted octanol–water partition coefficient (Wildman–Crippen LogP) is 5.56. The topological polar surface area (TPSA) is 247 Å². The van der Waals surface area contributed by atoms with Gasteiger partial charge in [0.1, 0.15) is 0 Å². The molecule has 2 aliphatic rings. The maximum atomic E-state index is 14.6. The van der Waals surface area contributed by atoms with Crippen molar-refractivity contribution >= 4 is 66.0 Å². The number of anilines is 2. The van der Waals surface area contributed by atoms with Gasteiger partial charge in [-0.25, -0.2) is 16.8 Å². The quantitative estimate of drug-likeness (QED) is 0.0624. The lowest BCUT2D eigenvalue weighted by atomic mass is 9.75. The summed E-state index contributed by atoms with van der Waals surface area (Å²) in [7, 11) is -7.19. The van der Waals surface area contributed by atoms with E-state index in [1.165, 1.54) is 72.8 Å². The second-order valence-corrected chi connectivity index (χ2v) is 21.1.